The van der Waals surface area contributed by atoms with Gasteiger partial charge in [-0.25, -0.2) is 4.79 Å². The summed E-state index contributed by atoms with van der Waals surface area (Å²) in [5, 5.41) is 8.82. The molecule has 0 fully saturated rings. The van der Waals surface area contributed by atoms with Crippen LogP contribution in [0.5, 0.6) is 0 Å². The lowest BCUT2D eigenvalue weighted by Gasteiger charge is -2.12. The topological polar surface area (TPSA) is 63.3 Å². The maximum Gasteiger partial charge on any atom is 0.335 e. The first kappa shape index (κ1) is 12.3. The average Bonchev–Trinajstić information content (AvgIpc) is 2.40. The van der Waals surface area contributed by atoms with E-state index in [-0.39, 0.29) is 11.6 Å². The van der Waals surface area contributed by atoms with Crippen LogP contribution in [-0.2, 0) is 6.42 Å². The highest BCUT2D eigenvalue weighted by Gasteiger charge is 2.08. The highest BCUT2D eigenvalue weighted by atomic mass is 16.4. The smallest absolute Gasteiger partial charge is 0.335 e. The molecular weight excluding hydrogens is 226 g/mol. The van der Waals surface area contributed by atoms with E-state index in [1.807, 2.05) is 30.3 Å². The van der Waals surface area contributed by atoms with E-state index in [9.17, 15) is 4.79 Å². The van der Waals surface area contributed by atoms with Crippen LogP contribution in [0.2, 0.25) is 0 Å². The zero-order valence-corrected chi connectivity index (χ0v) is 9.91. The van der Waals surface area contributed by atoms with E-state index in [0.717, 1.165) is 12.0 Å². The Bertz CT molecular complexity index is 520. The highest BCUT2D eigenvalue weighted by Crippen LogP contribution is 2.16. The summed E-state index contributed by atoms with van der Waals surface area (Å²) in [6.45, 7) is 0. The molecule has 0 aliphatic rings. The van der Waals surface area contributed by atoms with E-state index < -0.39 is 5.97 Å². The molecule has 0 heterocycles. The first-order chi connectivity index (χ1) is 8.66. The third-order valence-electron chi connectivity index (χ3n) is 2.88. The van der Waals surface area contributed by atoms with Crippen LogP contribution in [0.25, 0.3) is 0 Å². The number of aromatic carboxylic acids is 1. The third kappa shape index (κ3) is 2.96. The second-order valence-electron chi connectivity index (χ2n) is 4.22. The van der Waals surface area contributed by atoms with Crippen molar-refractivity contribution in [1.29, 1.82) is 0 Å². The van der Waals surface area contributed by atoms with Gasteiger partial charge in [0.15, 0.2) is 0 Å². The predicted molar refractivity (Wildman–Crippen MR) is 70.5 cm³/mol. The Kier molecular flexibility index (Phi) is 3.75. The molecule has 0 spiro atoms. The summed E-state index contributed by atoms with van der Waals surface area (Å²) < 4.78 is 0. The average molecular weight is 241 g/mol. The van der Waals surface area contributed by atoms with Crippen molar-refractivity contribution in [3.63, 3.8) is 0 Å². The van der Waals surface area contributed by atoms with Crippen LogP contribution in [0.15, 0.2) is 54.6 Å². The summed E-state index contributed by atoms with van der Waals surface area (Å²) in [7, 11) is 0. The van der Waals surface area contributed by atoms with Gasteiger partial charge in [-0.1, -0.05) is 42.5 Å². The molecule has 2 aromatic rings. The maximum absolute atomic E-state index is 10.7. The van der Waals surface area contributed by atoms with Gasteiger partial charge in [-0.15, -0.1) is 0 Å². The zero-order chi connectivity index (χ0) is 13.0. The molecule has 3 N–H and O–H groups in total. The lowest BCUT2D eigenvalue weighted by Crippen LogP contribution is -2.13. The molecule has 0 saturated heterocycles. The first-order valence-electron chi connectivity index (χ1n) is 5.79. The molecule has 0 unspecified atom stereocenters. The minimum Gasteiger partial charge on any atom is -0.478 e. The van der Waals surface area contributed by atoms with Crippen molar-refractivity contribution in [3.8, 4) is 0 Å². The number of nitrogens with two attached hydrogens (primary N) is 1. The van der Waals surface area contributed by atoms with Gasteiger partial charge in [0.1, 0.15) is 0 Å². The lowest BCUT2D eigenvalue weighted by atomic mass is 9.99. The molecule has 1 atom stereocenters. The summed E-state index contributed by atoms with van der Waals surface area (Å²) in [5.74, 6) is -0.918. The van der Waals surface area contributed by atoms with E-state index >= 15 is 0 Å². The van der Waals surface area contributed by atoms with E-state index in [2.05, 4.69) is 0 Å². The van der Waals surface area contributed by atoms with E-state index in [1.54, 1.807) is 24.3 Å². The molecule has 3 nitrogen and oxygen atoms in total. The van der Waals surface area contributed by atoms with Gasteiger partial charge in [-0.2, -0.15) is 0 Å². The standard InChI is InChI=1S/C15H15NO2/c16-14(10-11-4-2-1-3-5-11)12-6-8-13(9-7-12)15(17)18/h1-9,14H,10,16H2,(H,17,18)/t14-/m0/s1. The molecule has 92 valence electrons. The molecule has 2 rings (SSSR count). The van der Waals surface area contributed by atoms with Crippen molar-refractivity contribution in [2.24, 2.45) is 5.73 Å². The van der Waals surface area contributed by atoms with E-state index in [1.165, 1.54) is 5.56 Å². The Hall–Kier alpha value is -2.13. The molecule has 18 heavy (non-hydrogen) atoms. The summed E-state index contributed by atoms with van der Waals surface area (Å²) >= 11 is 0. The number of carboxylic acids is 1. The van der Waals surface area contributed by atoms with Gasteiger partial charge >= 0.3 is 5.97 Å². The van der Waals surface area contributed by atoms with Crippen molar-refractivity contribution in [2.75, 3.05) is 0 Å². The number of benzene rings is 2. The molecule has 3 heteroatoms. The first-order valence-corrected chi connectivity index (χ1v) is 5.79. The molecule has 0 radical (unpaired) electrons. The Balaban J connectivity index is 2.09. The van der Waals surface area contributed by atoms with Crippen LogP contribution in [0, 0.1) is 0 Å². The van der Waals surface area contributed by atoms with Crippen molar-refractivity contribution in [1.82, 2.24) is 0 Å². The molecule has 0 aliphatic heterocycles. The lowest BCUT2D eigenvalue weighted by molar-refractivity contribution is 0.0697. The van der Waals surface area contributed by atoms with Crippen molar-refractivity contribution in [2.45, 2.75) is 12.5 Å². The fraction of sp³-hybridized carbons (Fsp3) is 0.133. The fourth-order valence-electron chi connectivity index (χ4n) is 1.86. The van der Waals surface area contributed by atoms with Gasteiger partial charge in [0.25, 0.3) is 0 Å². The monoisotopic (exact) mass is 241 g/mol. The molecule has 2 aromatic carbocycles. The number of carboxylic acid groups (broad SMARTS) is 1. The van der Waals surface area contributed by atoms with Crippen LogP contribution in [0.4, 0.5) is 0 Å². The summed E-state index contributed by atoms with van der Waals surface area (Å²) in [4.78, 5) is 10.7. The van der Waals surface area contributed by atoms with Crippen LogP contribution in [0.3, 0.4) is 0 Å². The Morgan fingerprint density at radius 1 is 1.06 bits per heavy atom. The van der Waals surface area contributed by atoms with Gasteiger partial charge in [0.05, 0.1) is 5.56 Å². The Labute approximate surface area is 106 Å². The molecule has 0 bridgehead atoms. The SMILES string of the molecule is N[C@@H](Cc1ccccc1)c1ccc(C(=O)O)cc1. The summed E-state index contributed by atoms with van der Waals surface area (Å²) in [6.07, 6.45) is 0.743. The molecule has 0 aliphatic carbocycles. The second-order valence-corrected chi connectivity index (χ2v) is 4.22. The van der Waals surface area contributed by atoms with E-state index in [0.29, 0.717) is 0 Å². The second kappa shape index (κ2) is 5.47. The number of carbonyl (C=O) groups is 1. The van der Waals surface area contributed by atoms with Crippen molar-refractivity contribution in [3.05, 3.63) is 71.3 Å². The number of rotatable bonds is 4. The number of hydrogen-bond acceptors (Lipinski definition) is 2. The normalized spacial score (nSPS) is 12.1. The predicted octanol–water partition coefficient (Wildman–Crippen LogP) is 2.63. The quantitative estimate of drug-likeness (QED) is 0.864. The van der Waals surface area contributed by atoms with E-state index in [4.69, 9.17) is 10.8 Å². The number of hydrogen-bond donors (Lipinski definition) is 2. The van der Waals surface area contributed by atoms with Crippen molar-refractivity contribution < 1.29 is 9.90 Å². The van der Waals surface area contributed by atoms with Gasteiger partial charge in [0, 0.05) is 6.04 Å². The van der Waals surface area contributed by atoms with Crippen molar-refractivity contribution >= 4 is 5.97 Å². The van der Waals surface area contributed by atoms with Crippen LogP contribution in [-0.4, -0.2) is 11.1 Å². The Morgan fingerprint density at radius 2 is 1.67 bits per heavy atom. The molecule has 0 aromatic heterocycles. The fourth-order valence-corrected chi connectivity index (χ4v) is 1.86. The highest BCUT2D eigenvalue weighted by molar-refractivity contribution is 5.87. The molecule has 0 saturated carbocycles. The maximum atomic E-state index is 10.7. The minimum absolute atomic E-state index is 0.116. The van der Waals surface area contributed by atoms with Gasteiger partial charge < -0.3 is 10.8 Å². The van der Waals surface area contributed by atoms with Gasteiger partial charge in [0.2, 0.25) is 0 Å². The third-order valence-corrected chi connectivity index (χ3v) is 2.88. The Morgan fingerprint density at radius 3 is 2.22 bits per heavy atom. The van der Waals surface area contributed by atoms with Gasteiger partial charge in [-0.05, 0) is 29.7 Å². The summed E-state index contributed by atoms with van der Waals surface area (Å²) in [6, 6.07) is 16.6. The largest absolute Gasteiger partial charge is 0.478 e. The summed E-state index contributed by atoms with van der Waals surface area (Å²) in [5.41, 5.74) is 8.51. The van der Waals surface area contributed by atoms with Crippen LogP contribution < -0.4 is 5.73 Å². The molecule has 0 amide bonds. The minimum atomic E-state index is -0.918. The van der Waals surface area contributed by atoms with Crippen LogP contribution >= 0.6 is 0 Å². The van der Waals surface area contributed by atoms with Gasteiger partial charge in [-0.3, -0.25) is 0 Å². The molecular formula is C15H15NO2. The van der Waals surface area contributed by atoms with Crippen LogP contribution in [0.1, 0.15) is 27.5 Å². The zero-order valence-electron chi connectivity index (χ0n) is 9.91.